The van der Waals surface area contributed by atoms with Crippen molar-refractivity contribution in [3.8, 4) is 17.2 Å². The molecule has 2 aliphatic rings. The number of aliphatic hydroxyl groups is 1. The summed E-state index contributed by atoms with van der Waals surface area (Å²) in [5.41, 5.74) is 2.03. The molecular formula is C28H31NO7. The maximum atomic E-state index is 13.2. The summed E-state index contributed by atoms with van der Waals surface area (Å²) < 4.78 is 22.4. The number of hydrogen-bond donors (Lipinski definition) is 1. The lowest BCUT2D eigenvalue weighted by atomic mass is 9.94. The van der Waals surface area contributed by atoms with Gasteiger partial charge in [-0.25, -0.2) is 0 Å². The van der Waals surface area contributed by atoms with Gasteiger partial charge < -0.3 is 29.0 Å². The van der Waals surface area contributed by atoms with Gasteiger partial charge in [0.2, 0.25) is 0 Å². The van der Waals surface area contributed by atoms with E-state index in [-0.39, 0.29) is 30.6 Å². The zero-order chi connectivity index (χ0) is 25.8. The Morgan fingerprint density at radius 3 is 2.72 bits per heavy atom. The van der Waals surface area contributed by atoms with Gasteiger partial charge in [-0.3, -0.25) is 9.59 Å². The summed E-state index contributed by atoms with van der Waals surface area (Å²) in [6.07, 6.45) is 2.37. The summed E-state index contributed by atoms with van der Waals surface area (Å²) in [4.78, 5) is 27.7. The molecule has 8 nitrogen and oxygen atoms in total. The number of nitrogens with zero attached hydrogens (tertiary/aromatic N) is 1. The first-order valence-corrected chi connectivity index (χ1v) is 12.0. The Balaban J connectivity index is 1.83. The van der Waals surface area contributed by atoms with E-state index < -0.39 is 17.7 Å². The second kappa shape index (κ2) is 10.9. The standard InChI is InChI=1S/C28H31NO7/c1-5-12-35-22-10-7-18(16-23(22)34-6-2)25-24(27(31)28(32)29(25)11-13-33-4)26(30)19-8-9-21-20(15-19)14-17(3)36-21/h5,7-10,15-17,25,30H,1,6,11-14H2,2-4H3/b26-24+. The number of methoxy groups -OCH3 is 1. The van der Waals surface area contributed by atoms with Crippen LogP contribution in [-0.4, -0.2) is 61.3 Å². The molecule has 36 heavy (non-hydrogen) atoms. The molecule has 1 amide bonds. The average molecular weight is 494 g/mol. The van der Waals surface area contributed by atoms with E-state index >= 15 is 0 Å². The number of aliphatic hydroxyl groups excluding tert-OH is 1. The van der Waals surface area contributed by atoms with Crippen LogP contribution in [-0.2, 0) is 20.7 Å². The van der Waals surface area contributed by atoms with Gasteiger partial charge in [-0.15, -0.1) is 0 Å². The molecule has 2 heterocycles. The Morgan fingerprint density at radius 2 is 2.00 bits per heavy atom. The number of Topliss-reactive ketones (excluding diaryl/α,β-unsaturated/α-hetero) is 1. The first-order valence-electron chi connectivity index (χ1n) is 12.0. The van der Waals surface area contributed by atoms with Gasteiger partial charge in [-0.2, -0.15) is 0 Å². The van der Waals surface area contributed by atoms with Crippen LogP contribution >= 0.6 is 0 Å². The SMILES string of the molecule is C=CCOc1ccc(C2/C(=C(\O)c3ccc4c(c3)CC(C)O4)C(=O)C(=O)N2CCOC)cc1OCC. The fourth-order valence-corrected chi connectivity index (χ4v) is 4.60. The summed E-state index contributed by atoms with van der Waals surface area (Å²) in [5.74, 6) is 0.0726. The number of fused-ring (bicyclic) bond motifs is 1. The molecule has 0 bridgehead atoms. The maximum Gasteiger partial charge on any atom is 0.295 e. The summed E-state index contributed by atoms with van der Waals surface area (Å²) in [5, 5.41) is 11.4. The molecule has 0 saturated carbocycles. The predicted octanol–water partition coefficient (Wildman–Crippen LogP) is 4.04. The molecular weight excluding hydrogens is 462 g/mol. The van der Waals surface area contributed by atoms with E-state index in [1.165, 1.54) is 12.0 Å². The number of benzene rings is 2. The molecule has 1 N–H and O–H groups in total. The molecule has 0 spiro atoms. The molecule has 0 radical (unpaired) electrons. The lowest BCUT2D eigenvalue weighted by Crippen LogP contribution is -2.32. The highest BCUT2D eigenvalue weighted by molar-refractivity contribution is 6.46. The molecule has 2 unspecified atom stereocenters. The van der Waals surface area contributed by atoms with E-state index in [1.807, 2.05) is 19.9 Å². The lowest BCUT2D eigenvalue weighted by Gasteiger charge is -2.26. The Kier molecular flexibility index (Phi) is 7.64. The van der Waals surface area contributed by atoms with Crippen molar-refractivity contribution in [3.63, 3.8) is 0 Å². The molecule has 1 saturated heterocycles. The summed E-state index contributed by atoms with van der Waals surface area (Å²) >= 11 is 0. The smallest absolute Gasteiger partial charge is 0.295 e. The van der Waals surface area contributed by atoms with Gasteiger partial charge >= 0.3 is 0 Å². The van der Waals surface area contributed by atoms with E-state index in [1.54, 1.807) is 36.4 Å². The molecule has 0 aromatic heterocycles. The molecule has 2 atom stereocenters. The average Bonchev–Trinajstić information content (AvgIpc) is 3.37. The van der Waals surface area contributed by atoms with Crippen molar-refractivity contribution in [2.24, 2.45) is 0 Å². The van der Waals surface area contributed by atoms with Gasteiger partial charge in [-0.05, 0) is 55.3 Å². The Morgan fingerprint density at radius 1 is 1.19 bits per heavy atom. The third kappa shape index (κ3) is 4.81. The minimum Gasteiger partial charge on any atom is -0.507 e. The van der Waals surface area contributed by atoms with Crippen LogP contribution < -0.4 is 14.2 Å². The van der Waals surface area contributed by atoms with Crippen molar-refractivity contribution < 1.29 is 33.6 Å². The second-order valence-corrected chi connectivity index (χ2v) is 8.68. The summed E-state index contributed by atoms with van der Waals surface area (Å²) in [6.45, 7) is 8.60. The quantitative estimate of drug-likeness (QED) is 0.231. The second-order valence-electron chi connectivity index (χ2n) is 8.68. The molecule has 4 rings (SSSR count). The van der Waals surface area contributed by atoms with Crippen LogP contribution in [0.4, 0.5) is 0 Å². The van der Waals surface area contributed by atoms with Gasteiger partial charge in [0.15, 0.2) is 11.5 Å². The van der Waals surface area contributed by atoms with Crippen LogP contribution in [0, 0.1) is 0 Å². The zero-order valence-corrected chi connectivity index (χ0v) is 20.8. The molecule has 190 valence electrons. The predicted molar refractivity (Wildman–Crippen MR) is 134 cm³/mol. The van der Waals surface area contributed by atoms with Crippen LogP contribution in [0.2, 0.25) is 0 Å². The molecule has 0 aliphatic carbocycles. The summed E-state index contributed by atoms with van der Waals surface area (Å²) in [7, 11) is 1.53. The van der Waals surface area contributed by atoms with E-state index in [0.29, 0.717) is 42.3 Å². The minimum atomic E-state index is -0.823. The Hall–Kier alpha value is -3.78. The number of rotatable bonds is 10. The van der Waals surface area contributed by atoms with Gasteiger partial charge in [0.25, 0.3) is 11.7 Å². The van der Waals surface area contributed by atoms with Crippen molar-refractivity contribution in [1.82, 2.24) is 4.90 Å². The molecule has 8 heteroatoms. The van der Waals surface area contributed by atoms with E-state index in [2.05, 4.69) is 6.58 Å². The fourth-order valence-electron chi connectivity index (χ4n) is 4.60. The van der Waals surface area contributed by atoms with Gasteiger partial charge in [0, 0.05) is 25.6 Å². The lowest BCUT2D eigenvalue weighted by molar-refractivity contribution is -0.140. The van der Waals surface area contributed by atoms with Gasteiger partial charge in [0.05, 0.1) is 24.8 Å². The third-order valence-electron chi connectivity index (χ3n) is 6.19. The molecule has 2 aliphatic heterocycles. The van der Waals surface area contributed by atoms with Crippen LogP contribution in [0.25, 0.3) is 5.76 Å². The largest absolute Gasteiger partial charge is 0.507 e. The normalized spacial score (nSPS) is 20.2. The van der Waals surface area contributed by atoms with Crippen LogP contribution in [0.1, 0.15) is 36.6 Å². The Bertz CT molecular complexity index is 1200. The van der Waals surface area contributed by atoms with Crippen molar-refractivity contribution >= 4 is 17.4 Å². The number of likely N-dealkylation sites (tertiary alicyclic amines) is 1. The monoisotopic (exact) mass is 493 g/mol. The summed E-state index contributed by atoms with van der Waals surface area (Å²) in [6, 6.07) is 9.70. The topological polar surface area (TPSA) is 94.5 Å². The van der Waals surface area contributed by atoms with E-state index in [0.717, 1.165) is 11.3 Å². The number of carbonyl (C=O) groups excluding carboxylic acids is 2. The Labute approximate surface area is 210 Å². The number of ether oxygens (including phenoxy) is 4. The third-order valence-corrected chi connectivity index (χ3v) is 6.19. The fraction of sp³-hybridized carbons (Fsp3) is 0.357. The first-order chi connectivity index (χ1) is 17.4. The maximum absolute atomic E-state index is 13.2. The molecule has 1 fully saturated rings. The van der Waals surface area contributed by atoms with Crippen molar-refractivity contribution in [2.45, 2.75) is 32.4 Å². The molecule has 2 aromatic rings. The van der Waals surface area contributed by atoms with Crippen LogP contribution in [0.15, 0.2) is 54.6 Å². The number of ketones is 1. The van der Waals surface area contributed by atoms with Crippen molar-refractivity contribution in [2.75, 3.05) is 33.5 Å². The van der Waals surface area contributed by atoms with Gasteiger partial charge in [-0.1, -0.05) is 18.7 Å². The highest BCUT2D eigenvalue weighted by Gasteiger charge is 2.46. The number of hydrogen-bond acceptors (Lipinski definition) is 7. The van der Waals surface area contributed by atoms with Crippen molar-refractivity contribution in [3.05, 3.63) is 71.3 Å². The minimum absolute atomic E-state index is 0.0187. The highest BCUT2D eigenvalue weighted by atomic mass is 16.5. The molecule has 2 aromatic carbocycles. The van der Waals surface area contributed by atoms with Crippen molar-refractivity contribution in [1.29, 1.82) is 0 Å². The first kappa shape index (κ1) is 25.3. The van der Waals surface area contributed by atoms with Crippen LogP contribution in [0.5, 0.6) is 17.2 Å². The number of carbonyl (C=O) groups is 2. The van der Waals surface area contributed by atoms with E-state index in [4.69, 9.17) is 18.9 Å². The number of amides is 1. The highest BCUT2D eigenvalue weighted by Crippen LogP contribution is 2.42. The van der Waals surface area contributed by atoms with E-state index in [9.17, 15) is 14.7 Å². The van der Waals surface area contributed by atoms with Gasteiger partial charge in [0.1, 0.15) is 24.2 Å². The zero-order valence-electron chi connectivity index (χ0n) is 20.8. The van der Waals surface area contributed by atoms with Crippen LogP contribution in [0.3, 0.4) is 0 Å².